The van der Waals surface area contributed by atoms with Gasteiger partial charge in [-0.3, -0.25) is 9.59 Å². The fraction of sp³-hybridized carbons (Fsp3) is 0.750. The first-order valence-electron chi connectivity index (χ1n) is 4.13. The lowest BCUT2D eigenvalue weighted by Gasteiger charge is -2.30. The number of cyclic esters (lactones) is 2. The van der Waals surface area contributed by atoms with Gasteiger partial charge in [-0.05, 0) is 12.8 Å². The second-order valence-electron chi connectivity index (χ2n) is 3.21. The summed E-state index contributed by atoms with van der Waals surface area (Å²) in [5, 5.41) is 0. The van der Waals surface area contributed by atoms with Crippen LogP contribution in [0.15, 0.2) is 0 Å². The second-order valence-corrected chi connectivity index (χ2v) is 3.21. The summed E-state index contributed by atoms with van der Waals surface area (Å²) in [6.45, 7) is 0. The summed E-state index contributed by atoms with van der Waals surface area (Å²) >= 11 is 0. The molecule has 12 heavy (non-hydrogen) atoms. The molecule has 66 valence electrons. The van der Waals surface area contributed by atoms with Gasteiger partial charge in [-0.1, -0.05) is 0 Å². The van der Waals surface area contributed by atoms with Crippen molar-refractivity contribution in [1.82, 2.24) is 0 Å². The quantitative estimate of drug-likeness (QED) is 0.575. The Balaban J connectivity index is 1.58. The van der Waals surface area contributed by atoms with Gasteiger partial charge in [0.2, 0.25) is 0 Å². The molecule has 0 amide bonds. The standard InChI is InChI=1S/C8H10O4/c9-7-3-5(11-7)1-2-6-4-8(10)12-6/h5-6H,1-4H2. The number of carbonyl (C=O) groups excluding carboxylic acids is 2. The van der Waals surface area contributed by atoms with Crippen molar-refractivity contribution in [3.63, 3.8) is 0 Å². The number of hydrogen-bond acceptors (Lipinski definition) is 4. The average Bonchev–Trinajstić information content (AvgIpc) is 1.91. The van der Waals surface area contributed by atoms with Gasteiger partial charge >= 0.3 is 11.9 Å². The van der Waals surface area contributed by atoms with E-state index in [1.54, 1.807) is 0 Å². The van der Waals surface area contributed by atoms with Crippen LogP contribution in [0.25, 0.3) is 0 Å². The van der Waals surface area contributed by atoms with E-state index < -0.39 is 0 Å². The van der Waals surface area contributed by atoms with Gasteiger partial charge in [-0.25, -0.2) is 0 Å². The molecule has 4 heteroatoms. The zero-order chi connectivity index (χ0) is 8.55. The van der Waals surface area contributed by atoms with E-state index in [2.05, 4.69) is 0 Å². The second kappa shape index (κ2) is 2.77. The van der Waals surface area contributed by atoms with E-state index in [9.17, 15) is 9.59 Å². The molecule has 0 radical (unpaired) electrons. The fourth-order valence-corrected chi connectivity index (χ4v) is 1.42. The van der Waals surface area contributed by atoms with Gasteiger partial charge in [-0.15, -0.1) is 0 Å². The normalized spacial score (nSPS) is 33.0. The molecular weight excluding hydrogens is 160 g/mol. The van der Waals surface area contributed by atoms with Crippen molar-refractivity contribution in [3.8, 4) is 0 Å². The van der Waals surface area contributed by atoms with Crippen molar-refractivity contribution in [2.24, 2.45) is 0 Å². The van der Waals surface area contributed by atoms with E-state index in [0.717, 1.165) is 12.8 Å². The number of esters is 2. The van der Waals surface area contributed by atoms with Gasteiger partial charge in [0, 0.05) is 0 Å². The van der Waals surface area contributed by atoms with E-state index >= 15 is 0 Å². The van der Waals surface area contributed by atoms with E-state index in [1.807, 2.05) is 0 Å². The highest BCUT2D eigenvalue weighted by Crippen LogP contribution is 2.24. The average molecular weight is 170 g/mol. The zero-order valence-electron chi connectivity index (χ0n) is 6.62. The smallest absolute Gasteiger partial charge is 0.309 e. The first-order valence-corrected chi connectivity index (χ1v) is 4.13. The van der Waals surface area contributed by atoms with Gasteiger partial charge in [0.15, 0.2) is 0 Å². The minimum atomic E-state index is -0.120. The lowest BCUT2D eigenvalue weighted by Crippen LogP contribution is -2.37. The first kappa shape index (κ1) is 7.58. The minimum absolute atomic E-state index is 0.0804. The van der Waals surface area contributed by atoms with E-state index in [4.69, 9.17) is 9.47 Å². The highest BCUT2D eigenvalue weighted by Gasteiger charge is 2.33. The van der Waals surface area contributed by atoms with E-state index in [1.165, 1.54) is 0 Å². The molecule has 2 heterocycles. The molecule has 2 fully saturated rings. The predicted molar refractivity (Wildman–Crippen MR) is 38.2 cm³/mol. The number of ether oxygens (including phenoxy) is 2. The molecule has 4 nitrogen and oxygen atoms in total. The Morgan fingerprint density at radius 1 is 1.00 bits per heavy atom. The summed E-state index contributed by atoms with van der Waals surface area (Å²) in [6.07, 6.45) is 2.86. The van der Waals surface area contributed by atoms with Gasteiger partial charge in [0.05, 0.1) is 12.8 Å². The van der Waals surface area contributed by atoms with Gasteiger partial charge in [0.25, 0.3) is 0 Å². The van der Waals surface area contributed by atoms with Crippen LogP contribution in [0, 0.1) is 0 Å². The van der Waals surface area contributed by atoms with Gasteiger partial charge < -0.3 is 9.47 Å². The summed E-state index contributed by atoms with van der Waals surface area (Å²) in [4.78, 5) is 20.8. The van der Waals surface area contributed by atoms with Crippen molar-refractivity contribution >= 4 is 11.9 Å². The van der Waals surface area contributed by atoms with Crippen LogP contribution in [-0.4, -0.2) is 24.1 Å². The number of rotatable bonds is 3. The molecule has 0 spiro atoms. The van der Waals surface area contributed by atoms with Crippen LogP contribution < -0.4 is 0 Å². The summed E-state index contributed by atoms with van der Waals surface area (Å²) in [6, 6.07) is 0. The molecule has 0 saturated carbocycles. The molecule has 2 rings (SSSR count). The van der Waals surface area contributed by atoms with Crippen molar-refractivity contribution in [1.29, 1.82) is 0 Å². The van der Waals surface area contributed by atoms with Crippen LogP contribution in [-0.2, 0) is 19.1 Å². The number of carbonyl (C=O) groups is 2. The van der Waals surface area contributed by atoms with Crippen LogP contribution in [0.1, 0.15) is 25.7 Å². The molecule has 2 aliphatic rings. The third-order valence-corrected chi connectivity index (χ3v) is 2.20. The predicted octanol–water partition coefficient (Wildman–Crippen LogP) is 0.398. The highest BCUT2D eigenvalue weighted by molar-refractivity contribution is 5.75. The summed E-state index contributed by atoms with van der Waals surface area (Å²) < 4.78 is 9.61. The van der Waals surface area contributed by atoms with Crippen molar-refractivity contribution in [2.45, 2.75) is 37.9 Å². The van der Waals surface area contributed by atoms with Gasteiger partial charge in [-0.2, -0.15) is 0 Å². The Morgan fingerprint density at radius 2 is 1.33 bits per heavy atom. The molecule has 0 aromatic rings. The Morgan fingerprint density at radius 3 is 1.58 bits per heavy atom. The molecule has 2 unspecified atom stereocenters. The SMILES string of the molecule is O=C1CC(CCC2CC(=O)O2)O1. The molecule has 2 atom stereocenters. The van der Waals surface area contributed by atoms with Crippen LogP contribution in [0.2, 0.25) is 0 Å². The Hall–Kier alpha value is -1.06. The fourth-order valence-electron chi connectivity index (χ4n) is 1.42. The van der Waals surface area contributed by atoms with Crippen molar-refractivity contribution in [3.05, 3.63) is 0 Å². The topological polar surface area (TPSA) is 52.6 Å². The van der Waals surface area contributed by atoms with Gasteiger partial charge in [0.1, 0.15) is 12.2 Å². The number of hydrogen-bond donors (Lipinski definition) is 0. The maximum Gasteiger partial charge on any atom is 0.309 e. The zero-order valence-corrected chi connectivity index (χ0v) is 6.62. The van der Waals surface area contributed by atoms with Crippen molar-refractivity contribution in [2.75, 3.05) is 0 Å². The maximum absolute atomic E-state index is 10.4. The maximum atomic E-state index is 10.4. The molecular formula is C8H10O4. The Kier molecular flexibility index (Phi) is 1.75. The van der Waals surface area contributed by atoms with E-state index in [0.29, 0.717) is 12.8 Å². The lowest BCUT2D eigenvalue weighted by atomic mass is 10.0. The van der Waals surface area contributed by atoms with Crippen LogP contribution >= 0.6 is 0 Å². The molecule has 0 aliphatic carbocycles. The largest absolute Gasteiger partial charge is 0.462 e. The molecule has 0 bridgehead atoms. The summed E-state index contributed by atoms with van der Waals surface area (Å²) in [5.41, 5.74) is 0. The molecule has 0 N–H and O–H groups in total. The van der Waals surface area contributed by atoms with Crippen LogP contribution in [0.4, 0.5) is 0 Å². The molecule has 2 aliphatic heterocycles. The van der Waals surface area contributed by atoms with Crippen LogP contribution in [0.5, 0.6) is 0 Å². The third kappa shape index (κ3) is 1.42. The highest BCUT2D eigenvalue weighted by atomic mass is 16.6. The summed E-state index contributed by atoms with van der Waals surface area (Å²) in [5.74, 6) is -0.240. The van der Waals surface area contributed by atoms with Crippen LogP contribution in [0.3, 0.4) is 0 Å². The lowest BCUT2D eigenvalue weighted by molar-refractivity contribution is -0.177. The first-order chi connectivity index (χ1) is 5.74. The molecule has 0 aromatic carbocycles. The minimum Gasteiger partial charge on any atom is -0.462 e. The van der Waals surface area contributed by atoms with E-state index in [-0.39, 0.29) is 24.1 Å². The monoisotopic (exact) mass is 170 g/mol. The molecule has 2 saturated heterocycles. The Bertz CT molecular complexity index is 183. The third-order valence-electron chi connectivity index (χ3n) is 2.20. The molecule has 0 aromatic heterocycles. The van der Waals surface area contributed by atoms with Crippen molar-refractivity contribution < 1.29 is 19.1 Å². The summed E-state index contributed by atoms with van der Waals surface area (Å²) in [7, 11) is 0. The Labute approximate surface area is 69.8 Å².